The average Bonchev–Trinajstić information content (AvgIpc) is 3.24. The molecule has 110 valence electrons. The van der Waals surface area contributed by atoms with Crippen molar-refractivity contribution in [2.24, 2.45) is 5.92 Å². The van der Waals surface area contributed by atoms with E-state index in [9.17, 15) is 23.7 Å². The number of nitrogens with zero attached hydrogens (tertiary/aromatic N) is 2. The fraction of sp³-hybridized carbons (Fsp3) is 0.357. The van der Waals surface area contributed by atoms with Gasteiger partial charge in [0.1, 0.15) is 5.56 Å². The molecule has 5 nitrogen and oxygen atoms in total. The van der Waals surface area contributed by atoms with Crippen molar-refractivity contribution in [2.45, 2.75) is 12.8 Å². The fourth-order valence-electron chi connectivity index (χ4n) is 1.97. The molecule has 0 unspecified atom stereocenters. The molecule has 1 saturated carbocycles. The predicted octanol–water partition coefficient (Wildman–Crippen LogP) is 2.36. The number of rotatable bonds is 5. The van der Waals surface area contributed by atoms with Crippen molar-refractivity contribution < 1.29 is 18.5 Å². The first-order chi connectivity index (χ1) is 9.93. The SMILES string of the molecule is C#CCN(CC1CC1)C(=O)c1cc(F)c(F)cc1[N+](=O)[O-]. The first-order valence-corrected chi connectivity index (χ1v) is 6.30. The summed E-state index contributed by atoms with van der Waals surface area (Å²) in [6.07, 6.45) is 7.09. The highest BCUT2D eigenvalue weighted by Gasteiger charge is 2.31. The molecule has 0 N–H and O–H groups in total. The number of halogens is 2. The van der Waals surface area contributed by atoms with Crippen LogP contribution in [0.15, 0.2) is 12.1 Å². The molecule has 1 aliphatic carbocycles. The summed E-state index contributed by atoms with van der Waals surface area (Å²) in [6, 6.07) is 0.958. The van der Waals surface area contributed by atoms with Crippen molar-refractivity contribution in [1.29, 1.82) is 0 Å². The van der Waals surface area contributed by atoms with Gasteiger partial charge in [-0.2, -0.15) is 0 Å². The molecular weight excluding hydrogens is 282 g/mol. The van der Waals surface area contributed by atoms with Gasteiger partial charge in [-0.15, -0.1) is 6.42 Å². The van der Waals surface area contributed by atoms with Crippen molar-refractivity contribution in [2.75, 3.05) is 13.1 Å². The van der Waals surface area contributed by atoms with Crippen molar-refractivity contribution in [1.82, 2.24) is 4.90 Å². The van der Waals surface area contributed by atoms with Gasteiger partial charge in [-0.25, -0.2) is 8.78 Å². The van der Waals surface area contributed by atoms with Gasteiger partial charge in [0.2, 0.25) is 0 Å². The minimum atomic E-state index is -1.37. The number of hydrogen-bond donors (Lipinski definition) is 0. The summed E-state index contributed by atoms with van der Waals surface area (Å²) >= 11 is 0. The Labute approximate surface area is 119 Å². The largest absolute Gasteiger partial charge is 0.327 e. The van der Waals surface area contributed by atoms with Gasteiger partial charge in [-0.05, 0) is 24.8 Å². The van der Waals surface area contributed by atoms with E-state index < -0.39 is 33.7 Å². The third-order valence-electron chi connectivity index (χ3n) is 3.21. The van der Waals surface area contributed by atoms with E-state index in [0.29, 0.717) is 24.6 Å². The summed E-state index contributed by atoms with van der Waals surface area (Å²) in [7, 11) is 0. The van der Waals surface area contributed by atoms with Gasteiger partial charge in [-0.1, -0.05) is 5.92 Å². The van der Waals surface area contributed by atoms with Gasteiger partial charge in [-0.3, -0.25) is 14.9 Å². The number of carbonyl (C=O) groups is 1. The van der Waals surface area contributed by atoms with E-state index in [1.807, 2.05) is 0 Å². The molecule has 0 aliphatic heterocycles. The Hall–Kier alpha value is -2.49. The van der Waals surface area contributed by atoms with Crippen LogP contribution in [-0.4, -0.2) is 28.8 Å². The predicted molar refractivity (Wildman–Crippen MR) is 70.5 cm³/mol. The quantitative estimate of drug-likeness (QED) is 0.476. The van der Waals surface area contributed by atoms with Crippen LogP contribution in [0.1, 0.15) is 23.2 Å². The summed E-state index contributed by atoms with van der Waals surface area (Å²) in [6.45, 7) is 0.324. The molecule has 21 heavy (non-hydrogen) atoms. The highest BCUT2D eigenvalue weighted by atomic mass is 19.2. The lowest BCUT2D eigenvalue weighted by atomic mass is 10.1. The summed E-state index contributed by atoms with van der Waals surface area (Å²) < 4.78 is 26.4. The molecule has 0 saturated heterocycles. The number of carbonyl (C=O) groups excluding carboxylic acids is 1. The zero-order chi connectivity index (χ0) is 15.6. The Kier molecular flexibility index (Phi) is 4.17. The van der Waals surface area contributed by atoms with E-state index in [1.165, 1.54) is 4.90 Å². The van der Waals surface area contributed by atoms with Crippen molar-refractivity contribution >= 4 is 11.6 Å². The first kappa shape index (κ1) is 14.9. The lowest BCUT2D eigenvalue weighted by molar-refractivity contribution is -0.385. The van der Waals surface area contributed by atoms with E-state index in [0.717, 1.165) is 12.8 Å². The normalized spacial score (nSPS) is 13.6. The van der Waals surface area contributed by atoms with Gasteiger partial charge in [0, 0.05) is 6.54 Å². The zero-order valence-electron chi connectivity index (χ0n) is 11.0. The zero-order valence-corrected chi connectivity index (χ0v) is 11.0. The van der Waals surface area contributed by atoms with E-state index in [1.54, 1.807) is 0 Å². The second-order valence-corrected chi connectivity index (χ2v) is 4.87. The van der Waals surface area contributed by atoms with Gasteiger partial charge in [0.25, 0.3) is 11.6 Å². The first-order valence-electron chi connectivity index (χ1n) is 6.30. The molecule has 0 aromatic heterocycles. The van der Waals surface area contributed by atoms with Crippen LogP contribution in [0.3, 0.4) is 0 Å². The van der Waals surface area contributed by atoms with Gasteiger partial charge >= 0.3 is 0 Å². The maximum absolute atomic E-state index is 13.3. The highest BCUT2D eigenvalue weighted by molar-refractivity contribution is 5.98. The number of nitro groups is 1. The molecule has 0 heterocycles. The minimum absolute atomic E-state index is 0.0362. The second kappa shape index (κ2) is 5.87. The van der Waals surface area contributed by atoms with E-state index in [2.05, 4.69) is 5.92 Å². The smallest absolute Gasteiger partial charge is 0.285 e. The molecule has 0 bridgehead atoms. The summed E-state index contributed by atoms with van der Waals surface area (Å²) in [5.41, 5.74) is -1.26. The van der Waals surface area contributed by atoms with Crippen molar-refractivity contribution in [3.8, 4) is 12.3 Å². The van der Waals surface area contributed by atoms with Gasteiger partial charge in [0.05, 0.1) is 17.5 Å². The topological polar surface area (TPSA) is 63.5 Å². The highest BCUT2D eigenvalue weighted by Crippen LogP contribution is 2.31. The standard InChI is InChI=1S/C14H12F2N2O3/c1-2-5-17(8-9-3-4-9)14(19)10-6-11(15)12(16)7-13(10)18(20)21/h1,6-7,9H,3-5,8H2. The Balaban J connectivity index is 2.37. The lowest BCUT2D eigenvalue weighted by Crippen LogP contribution is -2.33. The van der Waals surface area contributed by atoms with Crippen LogP contribution in [-0.2, 0) is 0 Å². The summed E-state index contributed by atoms with van der Waals surface area (Å²) in [5.74, 6) is -0.834. The average molecular weight is 294 g/mol. The van der Waals surface area contributed by atoms with Crippen LogP contribution in [0, 0.1) is 40.0 Å². The lowest BCUT2D eigenvalue weighted by Gasteiger charge is -2.20. The van der Waals surface area contributed by atoms with E-state index >= 15 is 0 Å². The molecule has 0 spiro atoms. The molecule has 1 fully saturated rings. The van der Waals surface area contributed by atoms with Gasteiger partial charge < -0.3 is 4.90 Å². The maximum atomic E-state index is 13.3. The Morgan fingerprint density at radius 3 is 2.57 bits per heavy atom. The van der Waals surface area contributed by atoms with Crippen molar-refractivity contribution in [3.63, 3.8) is 0 Å². The molecule has 2 rings (SSSR count). The number of hydrogen-bond acceptors (Lipinski definition) is 3. The van der Waals surface area contributed by atoms with Crippen LogP contribution in [0.25, 0.3) is 0 Å². The third kappa shape index (κ3) is 3.34. The summed E-state index contributed by atoms with van der Waals surface area (Å²) in [4.78, 5) is 23.6. The Morgan fingerprint density at radius 1 is 1.43 bits per heavy atom. The number of terminal acetylenes is 1. The van der Waals surface area contributed by atoms with E-state index in [-0.39, 0.29) is 6.54 Å². The van der Waals surface area contributed by atoms with Crippen LogP contribution >= 0.6 is 0 Å². The number of benzene rings is 1. The van der Waals surface area contributed by atoms with Crippen LogP contribution in [0.2, 0.25) is 0 Å². The van der Waals surface area contributed by atoms with Gasteiger partial charge in [0.15, 0.2) is 11.6 Å². The summed E-state index contributed by atoms with van der Waals surface area (Å²) in [5, 5.41) is 10.9. The van der Waals surface area contributed by atoms with E-state index in [4.69, 9.17) is 6.42 Å². The molecular formula is C14H12F2N2O3. The Morgan fingerprint density at radius 2 is 2.05 bits per heavy atom. The molecule has 1 aromatic carbocycles. The minimum Gasteiger partial charge on any atom is -0.327 e. The molecule has 0 atom stereocenters. The van der Waals surface area contributed by atoms with Crippen molar-refractivity contribution in [3.05, 3.63) is 39.4 Å². The second-order valence-electron chi connectivity index (χ2n) is 4.87. The molecule has 1 aliphatic rings. The Bertz CT molecular complexity index is 636. The molecule has 0 radical (unpaired) electrons. The molecule has 1 aromatic rings. The van der Waals surface area contributed by atoms with Crippen LogP contribution in [0.5, 0.6) is 0 Å². The monoisotopic (exact) mass is 294 g/mol. The van der Waals surface area contributed by atoms with Crippen LogP contribution < -0.4 is 0 Å². The maximum Gasteiger partial charge on any atom is 0.285 e. The number of amides is 1. The third-order valence-corrected chi connectivity index (χ3v) is 3.21. The van der Waals surface area contributed by atoms with Crippen LogP contribution in [0.4, 0.5) is 14.5 Å². The fourth-order valence-corrected chi connectivity index (χ4v) is 1.97. The molecule has 7 heteroatoms. The molecule has 1 amide bonds. The number of nitro benzene ring substituents is 1.